The molecule has 30 heavy (non-hydrogen) atoms. The largest absolute Gasteiger partial charge is 0.482 e. The molecule has 0 heterocycles. The van der Waals surface area contributed by atoms with Gasteiger partial charge in [-0.05, 0) is 62.8 Å². The van der Waals surface area contributed by atoms with E-state index < -0.39 is 5.97 Å². The normalized spacial score (nSPS) is 11.3. The fourth-order valence-electron chi connectivity index (χ4n) is 2.99. The van der Waals surface area contributed by atoms with Crippen LogP contribution in [0.1, 0.15) is 23.6 Å². The van der Waals surface area contributed by atoms with Gasteiger partial charge in [0.1, 0.15) is 5.75 Å². The minimum Gasteiger partial charge on any atom is -0.482 e. The fourth-order valence-corrected chi connectivity index (χ4v) is 4.48. The number of rotatable bonds is 9. The van der Waals surface area contributed by atoms with E-state index in [0.29, 0.717) is 5.75 Å². The van der Waals surface area contributed by atoms with Crippen molar-refractivity contribution >= 4 is 39.2 Å². The van der Waals surface area contributed by atoms with Crippen molar-refractivity contribution < 1.29 is 14.6 Å². The lowest BCUT2D eigenvalue weighted by Crippen LogP contribution is -2.09. The Morgan fingerprint density at radius 1 is 1.03 bits per heavy atom. The van der Waals surface area contributed by atoms with E-state index in [1.54, 1.807) is 23.9 Å². The molecule has 0 aliphatic heterocycles. The summed E-state index contributed by atoms with van der Waals surface area (Å²) in [6.07, 6.45) is 3.28. The third-order valence-electron chi connectivity index (χ3n) is 4.55. The number of thioether (sulfide) groups is 1. The van der Waals surface area contributed by atoms with Crippen molar-refractivity contribution in [2.75, 3.05) is 12.4 Å². The van der Waals surface area contributed by atoms with Gasteiger partial charge in [-0.1, -0.05) is 67.6 Å². The number of benzene rings is 3. The first kappa shape index (κ1) is 22.2. The molecule has 0 aliphatic rings. The first-order chi connectivity index (χ1) is 14.6. The van der Waals surface area contributed by atoms with Crippen LogP contribution in [-0.2, 0) is 11.2 Å². The van der Waals surface area contributed by atoms with Gasteiger partial charge in [-0.25, -0.2) is 4.79 Å². The summed E-state index contributed by atoms with van der Waals surface area (Å²) in [7, 11) is 0. The summed E-state index contributed by atoms with van der Waals surface area (Å²) in [6, 6.07) is 24.7. The lowest BCUT2D eigenvalue weighted by molar-refractivity contribution is -0.139. The molecule has 5 heteroatoms. The van der Waals surface area contributed by atoms with Crippen LogP contribution in [0, 0.1) is 0 Å². The fraction of sp³-hybridized carbons (Fsp3) is 0.160. The Morgan fingerprint density at radius 2 is 1.73 bits per heavy atom. The van der Waals surface area contributed by atoms with E-state index in [4.69, 9.17) is 9.84 Å². The Morgan fingerprint density at radius 3 is 2.37 bits per heavy atom. The van der Waals surface area contributed by atoms with Gasteiger partial charge < -0.3 is 9.84 Å². The highest BCUT2D eigenvalue weighted by Crippen LogP contribution is 2.32. The first-order valence-electron chi connectivity index (χ1n) is 9.68. The van der Waals surface area contributed by atoms with Crippen LogP contribution in [0.2, 0.25) is 0 Å². The Bertz CT molecular complexity index is 1010. The average Bonchev–Trinajstić information content (AvgIpc) is 2.77. The summed E-state index contributed by atoms with van der Waals surface area (Å²) < 4.78 is 6.12. The van der Waals surface area contributed by atoms with Crippen molar-refractivity contribution in [3.63, 3.8) is 0 Å². The highest BCUT2D eigenvalue weighted by Gasteiger charge is 2.07. The van der Waals surface area contributed by atoms with Gasteiger partial charge in [0, 0.05) is 15.1 Å². The van der Waals surface area contributed by atoms with Crippen LogP contribution in [0.25, 0.3) is 5.57 Å². The quantitative estimate of drug-likeness (QED) is 0.344. The smallest absolute Gasteiger partial charge is 0.341 e. The van der Waals surface area contributed by atoms with E-state index in [2.05, 4.69) is 77.5 Å². The molecule has 0 atom stereocenters. The van der Waals surface area contributed by atoms with Crippen molar-refractivity contribution in [3.05, 3.63) is 100 Å². The molecule has 0 aliphatic carbocycles. The molecule has 0 amide bonds. The molecular formula is C25H23BrO3S. The number of hydrogen-bond donors (Lipinski definition) is 1. The van der Waals surface area contributed by atoms with Crippen LogP contribution >= 0.6 is 27.7 Å². The Hall–Kier alpha value is -2.50. The number of aryl methyl sites for hydroxylation is 1. The van der Waals surface area contributed by atoms with Crippen molar-refractivity contribution in [1.82, 2.24) is 0 Å². The third kappa shape index (κ3) is 6.25. The topological polar surface area (TPSA) is 46.5 Å². The van der Waals surface area contributed by atoms with Crippen LogP contribution in [0.5, 0.6) is 5.75 Å². The van der Waals surface area contributed by atoms with Crippen molar-refractivity contribution in [2.45, 2.75) is 18.2 Å². The molecule has 1 N–H and O–H groups in total. The Labute approximate surface area is 189 Å². The molecule has 0 saturated carbocycles. The van der Waals surface area contributed by atoms with E-state index in [0.717, 1.165) is 21.5 Å². The molecule has 0 aromatic heterocycles. The van der Waals surface area contributed by atoms with Crippen LogP contribution < -0.4 is 4.74 Å². The maximum Gasteiger partial charge on any atom is 0.341 e. The first-order valence-corrected chi connectivity index (χ1v) is 11.5. The second-order valence-corrected chi connectivity index (χ2v) is 8.54. The summed E-state index contributed by atoms with van der Waals surface area (Å²) >= 11 is 5.27. The molecule has 0 unspecified atom stereocenters. The molecule has 3 rings (SSSR count). The maximum absolute atomic E-state index is 10.7. The summed E-state index contributed by atoms with van der Waals surface area (Å²) in [6.45, 7) is 1.81. The standard InChI is InChI=1S/C25H23BrO3S/c1-2-18-8-10-20(11-9-18)22(19-6-4-3-5-7-19)14-15-30-24-13-12-21(16-23(24)26)29-17-25(27)28/h3-14,16H,2,15,17H2,1H3,(H,27,28). The number of hydrogen-bond acceptors (Lipinski definition) is 3. The van der Waals surface area contributed by atoms with Gasteiger partial charge >= 0.3 is 5.97 Å². The molecule has 0 bridgehead atoms. The minimum atomic E-state index is -0.991. The van der Waals surface area contributed by atoms with Crippen LogP contribution in [0.3, 0.4) is 0 Å². The van der Waals surface area contributed by atoms with Crippen molar-refractivity contribution in [1.29, 1.82) is 0 Å². The molecule has 154 valence electrons. The molecular weight excluding hydrogens is 460 g/mol. The Balaban J connectivity index is 1.77. The number of ether oxygens (including phenoxy) is 1. The van der Waals surface area contributed by atoms with Gasteiger partial charge in [-0.2, -0.15) is 0 Å². The molecule has 0 saturated heterocycles. The van der Waals surface area contributed by atoms with E-state index in [1.807, 2.05) is 12.1 Å². The van der Waals surface area contributed by atoms with E-state index in [-0.39, 0.29) is 6.61 Å². The zero-order valence-corrected chi connectivity index (χ0v) is 19.1. The summed E-state index contributed by atoms with van der Waals surface area (Å²) in [5, 5.41) is 8.74. The van der Waals surface area contributed by atoms with Gasteiger partial charge in [0.25, 0.3) is 0 Å². The third-order valence-corrected chi connectivity index (χ3v) is 6.47. The van der Waals surface area contributed by atoms with Crippen LogP contribution in [0.4, 0.5) is 0 Å². The average molecular weight is 483 g/mol. The molecule has 0 radical (unpaired) electrons. The number of carbonyl (C=O) groups is 1. The monoisotopic (exact) mass is 482 g/mol. The summed E-state index contributed by atoms with van der Waals surface area (Å²) in [5.74, 6) is 0.341. The predicted octanol–water partition coefficient (Wildman–Crippen LogP) is 6.70. The van der Waals surface area contributed by atoms with Gasteiger partial charge in [-0.3, -0.25) is 0 Å². The van der Waals surface area contributed by atoms with E-state index >= 15 is 0 Å². The zero-order valence-electron chi connectivity index (χ0n) is 16.7. The Kier molecular flexibility index (Phi) is 8.17. The summed E-state index contributed by atoms with van der Waals surface area (Å²) in [5.41, 5.74) is 4.94. The molecule has 3 nitrogen and oxygen atoms in total. The molecule has 3 aromatic carbocycles. The molecule has 3 aromatic rings. The lowest BCUT2D eigenvalue weighted by Gasteiger charge is -2.11. The van der Waals surface area contributed by atoms with Crippen LogP contribution in [0.15, 0.2) is 88.2 Å². The number of carboxylic acid groups (broad SMARTS) is 1. The van der Waals surface area contributed by atoms with Gasteiger partial charge in [0.2, 0.25) is 0 Å². The van der Waals surface area contributed by atoms with E-state index in [1.165, 1.54) is 22.3 Å². The second-order valence-electron chi connectivity index (χ2n) is 6.62. The number of carboxylic acids is 1. The number of halogens is 1. The zero-order chi connectivity index (χ0) is 21.3. The van der Waals surface area contributed by atoms with Crippen molar-refractivity contribution in [3.8, 4) is 5.75 Å². The van der Waals surface area contributed by atoms with E-state index in [9.17, 15) is 4.79 Å². The maximum atomic E-state index is 10.7. The van der Waals surface area contributed by atoms with Gasteiger partial charge in [0.05, 0.1) is 0 Å². The van der Waals surface area contributed by atoms with Gasteiger partial charge in [0.15, 0.2) is 6.61 Å². The number of aliphatic carboxylic acids is 1. The van der Waals surface area contributed by atoms with Crippen LogP contribution in [-0.4, -0.2) is 23.4 Å². The predicted molar refractivity (Wildman–Crippen MR) is 127 cm³/mol. The molecule has 0 spiro atoms. The molecule has 0 fully saturated rings. The van der Waals surface area contributed by atoms with Crippen molar-refractivity contribution in [2.24, 2.45) is 0 Å². The SMILES string of the molecule is CCc1ccc(C(=CCSc2ccc(OCC(=O)O)cc2Br)c2ccccc2)cc1. The highest BCUT2D eigenvalue weighted by molar-refractivity contribution is 9.10. The minimum absolute atomic E-state index is 0.348. The highest BCUT2D eigenvalue weighted by atomic mass is 79.9. The second kappa shape index (κ2) is 11.0. The lowest BCUT2D eigenvalue weighted by atomic mass is 9.96. The van der Waals surface area contributed by atoms with Gasteiger partial charge in [-0.15, -0.1) is 11.8 Å². The summed E-state index contributed by atoms with van der Waals surface area (Å²) in [4.78, 5) is 11.7.